The van der Waals surface area contributed by atoms with Crippen LogP contribution in [-0.2, 0) is 19.7 Å². The molecule has 19 heavy (non-hydrogen) atoms. The molecule has 104 valence electrons. The van der Waals surface area contributed by atoms with Crippen molar-refractivity contribution in [2.45, 2.75) is 4.90 Å². The summed E-state index contributed by atoms with van der Waals surface area (Å²) in [4.78, 5) is 24.4. The van der Waals surface area contributed by atoms with E-state index in [9.17, 15) is 27.7 Å². The van der Waals surface area contributed by atoms with E-state index in [1.165, 1.54) is 4.89 Å². The molecule has 11 heteroatoms. The first-order valence-corrected chi connectivity index (χ1v) is 6.01. The fraction of sp³-hybridized carbons (Fsp3) is 0.125. The topological polar surface area (TPSA) is 136 Å². The van der Waals surface area contributed by atoms with Crippen LogP contribution in [0.1, 0.15) is 0 Å². The van der Waals surface area contributed by atoms with Gasteiger partial charge in [-0.05, 0) is 6.07 Å². The van der Waals surface area contributed by atoms with Crippen LogP contribution in [0.3, 0.4) is 0 Å². The Kier molecular flexibility index (Phi) is 4.47. The Labute approximate surface area is 105 Å². The second kappa shape index (κ2) is 5.69. The molecule has 9 nitrogen and oxygen atoms in total. The maximum atomic E-state index is 13.2. The Morgan fingerprint density at radius 1 is 1.53 bits per heavy atom. The minimum atomic E-state index is -4.32. The van der Waals surface area contributed by atoms with Crippen LogP contribution >= 0.6 is 0 Å². The number of carboxylic acids is 1. The average Bonchev–Trinajstić information content (AvgIpc) is 2.27. The Morgan fingerprint density at radius 2 is 2.16 bits per heavy atom. The van der Waals surface area contributed by atoms with Crippen molar-refractivity contribution >= 4 is 21.7 Å². The molecular formula is C8H7FN2O7S. The summed E-state index contributed by atoms with van der Waals surface area (Å²) in [6.07, 6.45) is 0. The predicted molar refractivity (Wildman–Crippen MR) is 57.0 cm³/mol. The van der Waals surface area contributed by atoms with Crippen LogP contribution in [-0.4, -0.2) is 31.0 Å². The van der Waals surface area contributed by atoms with E-state index in [1.807, 2.05) is 0 Å². The first-order chi connectivity index (χ1) is 8.74. The molecule has 0 aromatic heterocycles. The lowest BCUT2D eigenvalue weighted by molar-refractivity contribution is -0.387. The fourth-order valence-corrected chi connectivity index (χ4v) is 1.84. The third kappa shape index (κ3) is 3.94. The number of nitrogens with one attached hydrogen (secondary N) is 1. The number of carboxylic acid groups (broad SMARTS) is 1. The largest absolute Gasteiger partial charge is 0.479 e. The number of rotatable bonds is 6. The normalized spacial score (nSPS) is 11.2. The summed E-state index contributed by atoms with van der Waals surface area (Å²) in [6.45, 7) is -0.936. The Bertz CT molecular complexity index is 616. The molecule has 0 bridgehead atoms. The van der Waals surface area contributed by atoms with Crippen molar-refractivity contribution in [3.05, 3.63) is 34.1 Å². The van der Waals surface area contributed by atoms with Gasteiger partial charge in [0.25, 0.3) is 10.0 Å². The molecule has 2 N–H and O–H groups in total. The first kappa shape index (κ1) is 14.9. The molecule has 0 aliphatic carbocycles. The minimum absolute atomic E-state index is 0.421. The molecule has 0 saturated heterocycles. The molecule has 1 aromatic rings. The summed E-state index contributed by atoms with van der Waals surface area (Å²) in [7, 11) is -4.32. The van der Waals surface area contributed by atoms with E-state index in [1.54, 1.807) is 0 Å². The smallest absolute Gasteiger partial charge is 0.331 e. The summed E-state index contributed by atoms with van der Waals surface area (Å²) < 4.78 is 36.2. The van der Waals surface area contributed by atoms with E-state index in [0.29, 0.717) is 12.1 Å². The number of nitro groups is 1. The third-order valence-electron chi connectivity index (χ3n) is 1.79. The number of carbonyl (C=O) groups is 1. The van der Waals surface area contributed by atoms with Crippen LogP contribution in [0.4, 0.5) is 10.1 Å². The Balaban J connectivity index is 2.93. The highest BCUT2D eigenvalue weighted by Crippen LogP contribution is 2.20. The molecule has 1 rings (SSSR count). The van der Waals surface area contributed by atoms with Gasteiger partial charge >= 0.3 is 11.7 Å². The van der Waals surface area contributed by atoms with Crippen molar-refractivity contribution in [1.29, 1.82) is 0 Å². The summed E-state index contributed by atoms with van der Waals surface area (Å²) in [5.74, 6) is -2.76. The van der Waals surface area contributed by atoms with E-state index in [-0.39, 0.29) is 0 Å². The third-order valence-corrected chi connectivity index (χ3v) is 3.00. The second-order valence-electron chi connectivity index (χ2n) is 3.14. The zero-order chi connectivity index (χ0) is 14.6. The van der Waals surface area contributed by atoms with Crippen LogP contribution in [0, 0.1) is 15.9 Å². The van der Waals surface area contributed by atoms with E-state index in [4.69, 9.17) is 5.11 Å². The van der Waals surface area contributed by atoms with Gasteiger partial charge in [0.15, 0.2) is 6.61 Å². The van der Waals surface area contributed by atoms with Crippen molar-refractivity contribution in [3.63, 3.8) is 0 Å². The number of halogens is 1. The zero-order valence-electron chi connectivity index (χ0n) is 9.07. The average molecular weight is 294 g/mol. The van der Waals surface area contributed by atoms with Crippen LogP contribution in [0.15, 0.2) is 23.1 Å². The van der Waals surface area contributed by atoms with Gasteiger partial charge in [-0.25, -0.2) is 13.2 Å². The summed E-state index contributed by atoms with van der Waals surface area (Å²) >= 11 is 0. The molecular weight excluding hydrogens is 287 g/mol. The van der Waals surface area contributed by atoms with Crippen LogP contribution in [0.5, 0.6) is 0 Å². The van der Waals surface area contributed by atoms with Crippen molar-refractivity contribution in [2.24, 2.45) is 0 Å². The zero-order valence-corrected chi connectivity index (χ0v) is 9.89. The minimum Gasteiger partial charge on any atom is -0.479 e. The van der Waals surface area contributed by atoms with Crippen molar-refractivity contribution in [2.75, 3.05) is 6.61 Å². The van der Waals surface area contributed by atoms with Crippen LogP contribution < -0.4 is 4.89 Å². The van der Waals surface area contributed by atoms with E-state index >= 15 is 0 Å². The molecule has 0 spiro atoms. The fourth-order valence-electron chi connectivity index (χ4n) is 1.02. The number of hydrogen-bond donors (Lipinski definition) is 2. The van der Waals surface area contributed by atoms with Gasteiger partial charge < -0.3 is 5.11 Å². The van der Waals surface area contributed by atoms with Gasteiger partial charge in [0, 0.05) is 12.1 Å². The Hall–Kier alpha value is -2.11. The molecule has 0 saturated carbocycles. The van der Waals surface area contributed by atoms with E-state index in [2.05, 4.69) is 4.84 Å². The maximum absolute atomic E-state index is 13.2. The lowest BCUT2D eigenvalue weighted by Gasteiger charge is -2.05. The quantitative estimate of drug-likeness (QED) is 0.557. The number of nitrogens with zero attached hydrogens (tertiary/aromatic N) is 1. The molecule has 0 atom stereocenters. The van der Waals surface area contributed by atoms with Crippen molar-refractivity contribution < 1.29 is 32.5 Å². The molecule has 0 aliphatic heterocycles. The molecule has 0 amide bonds. The molecule has 0 heterocycles. The number of hydrogen-bond acceptors (Lipinski definition) is 6. The summed E-state index contributed by atoms with van der Waals surface area (Å²) in [5.41, 5.74) is -0.884. The highest BCUT2D eigenvalue weighted by Gasteiger charge is 2.21. The highest BCUT2D eigenvalue weighted by molar-refractivity contribution is 7.89. The number of nitro benzene ring substituents is 1. The summed E-state index contributed by atoms with van der Waals surface area (Å²) in [6, 6.07) is 1.87. The lowest BCUT2D eigenvalue weighted by Crippen LogP contribution is -2.27. The van der Waals surface area contributed by atoms with Gasteiger partial charge in [0.05, 0.1) is 9.82 Å². The Morgan fingerprint density at radius 3 is 2.63 bits per heavy atom. The lowest BCUT2D eigenvalue weighted by atomic mass is 10.3. The van der Waals surface area contributed by atoms with Gasteiger partial charge in [-0.15, -0.1) is 0 Å². The predicted octanol–water partition coefficient (Wildman–Crippen LogP) is 0.0284. The number of aliphatic carboxylic acids is 1. The number of benzene rings is 1. The molecule has 0 aliphatic rings. The molecule has 0 unspecified atom stereocenters. The second-order valence-corrected chi connectivity index (χ2v) is 4.78. The van der Waals surface area contributed by atoms with Crippen LogP contribution in [0.25, 0.3) is 0 Å². The monoisotopic (exact) mass is 294 g/mol. The van der Waals surface area contributed by atoms with Gasteiger partial charge in [-0.2, -0.15) is 4.39 Å². The number of sulfonamides is 1. The molecule has 0 radical (unpaired) electrons. The van der Waals surface area contributed by atoms with Crippen LogP contribution in [0.2, 0.25) is 0 Å². The van der Waals surface area contributed by atoms with E-state index in [0.717, 1.165) is 6.07 Å². The van der Waals surface area contributed by atoms with E-state index < -0.39 is 43.9 Å². The van der Waals surface area contributed by atoms with Gasteiger partial charge in [0.2, 0.25) is 5.82 Å². The SMILES string of the molecule is O=C(O)CONS(=O)(=O)c1ccc([N+](=O)[O-])c(F)c1. The van der Waals surface area contributed by atoms with Crippen molar-refractivity contribution in [1.82, 2.24) is 4.89 Å². The van der Waals surface area contributed by atoms with Gasteiger partial charge in [-0.3, -0.25) is 15.0 Å². The standard InChI is InChI=1S/C8H7FN2O7S/c9-6-3-5(1-2-7(6)11(14)15)19(16,17)10-18-4-8(12)13/h1-3,10H,4H2,(H,12,13). The van der Waals surface area contributed by atoms with Gasteiger partial charge in [-0.1, -0.05) is 4.89 Å². The van der Waals surface area contributed by atoms with Crippen molar-refractivity contribution in [3.8, 4) is 0 Å². The first-order valence-electron chi connectivity index (χ1n) is 4.53. The molecule has 0 fully saturated rings. The highest BCUT2D eigenvalue weighted by atomic mass is 32.2. The molecule has 1 aromatic carbocycles. The maximum Gasteiger partial charge on any atom is 0.331 e. The van der Waals surface area contributed by atoms with Gasteiger partial charge in [0.1, 0.15) is 0 Å². The summed E-state index contributed by atoms with van der Waals surface area (Å²) in [5, 5.41) is 18.6.